The van der Waals surface area contributed by atoms with Crippen molar-refractivity contribution in [3.63, 3.8) is 0 Å². The third kappa shape index (κ3) is 20.2. The maximum absolute atomic E-state index is 14.9. The van der Waals surface area contributed by atoms with Gasteiger partial charge < -0.3 is 63.8 Å². The van der Waals surface area contributed by atoms with Gasteiger partial charge in [0.05, 0.1) is 53.7 Å². The van der Waals surface area contributed by atoms with Gasteiger partial charge in [-0.3, -0.25) is 9.59 Å². The van der Waals surface area contributed by atoms with Crippen molar-refractivity contribution in [2.45, 2.75) is 224 Å². The van der Waals surface area contributed by atoms with Gasteiger partial charge in [-0.05, 0) is 143 Å². The van der Waals surface area contributed by atoms with Crippen LogP contribution in [0.25, 0.3) is 11.1 Å². The molecule has 4 aromatic rings. The number of aliphatic hydroxyl groups is 5. The minimum atomic E-state index is -10.7. The van der Waals surface area contributed by atoms with E-state index in [4.69, 9.17) is 28.4 Å². The van der Waals surface area contributed by atoms with Crippen molar-refractivity contribution in [1.29, 1.82) is 0 Å². The summed E-state index contributed by atoms with van der Waals surface area (Å²) >= 11 is 0. The molecule has 3 fully saturated rings. The molecule has 3 aliphatic rings. The molecule has 0 bridgehead atoms. The Kier molecular flexibility index (Phi) is 25.8. The van der Waals surface area contributed by atoms with E-state index in [9.17, 15) is 60.3 Å². The SMILES string of the molecule is CC[C@H]1OC(=O)[C@H](C)[C@@H](O[C@H]2C[C@@](C)(OC)[C@@H](O)[C@H](C)O2)[C@H](C)[C@@H](O[C@@H]2O[C@H](C)C[C@H](N(C)C)[C@H]2O)[C@](C)(O)C[C@@H](C)CN(C(=O)CCCCCCC[P+](c2ccccc2)(c2ccccc2)c2ccccc2-c2ccccc2)[C@H](C)[C@@H](O)[C@]1(C)O.F[P-](F)(F)(F)(F)F. The van der Waals surface area contributed by atoms with Gasteiger partial charge in [-0.2, -0.15) is 0 Å². The predicted octanol–water partition coefficient (Wildman–Crippen LogP) is 12.2. The number of rotatable bonds is 19. The van der Waals surface area contributed by atoms with E-state index < -0.39 is 117 Å². The summed E-state index contributed by atoms with van der Waals surface area (Å²) in [6.45, 7) is 17.4. The first-order valence-corrected chi connectivity index (χ1v) is 36.3. The van der Waals surface area contributed by atoms with Crippen molar-refractivity contribution >= 4 is 42.9 Å². The summed E-state index contributed by atoms with van der Waals surface area (Å²) in [4.78, 5) is 33.2. The average molecular weight is 1340 g/mol. The number of carbonyl (C=O) groups is 2. The molecule has 0 spiro atoms. The number of carbonyl (C=O) groups excluding carboxylic acids is 2. The molecule has 0 aromatic heterocycles. The van der Waals surface area contributed by atoms with Crippen LogP contribution < -0.4 is 15.9 Å². The quantitative estimate of drug-likeness (QED) is 0.0257. The number of benzene rings is 4. The maximum atomic E-state index is 14.9. The average Bonchev–Trinajstić information content (AvgIpc) is 0.769. The van der Waals surface area contributed by atoms with Gasteiger partial charge in [0.15, 0.2) is 12.6 Å². The van der Waals surface area contributed by atoms with E-state index in [1.807, 2.05) is 32.8 Å². The molecule has 23 heteroatoms. The number of ether oxygens (including phenoxy) is 6. The number of hydrogen-bond acceptors (Lipinski definition) is 14. The zero-order valence-electron chi connectivity index (χ0n) is 55.7. The van der Waals surface area contributed by atoms with Crippen molar-refractivity contribution in [3.05, 3.63) is 115 Å². The molecule has 4 aromatic carbocycles. The van der Waals surface area contributed by atoms with Crippen LogP contribution in [0, 0.1) is 17.8 Å². The second kappa shape index (κ2) is 30.9. The molecular formula is C69H102F6N2O13P2. The Morgan fingerprint density at radius 2 is 1.26 bits per heavy atom. The molecule has 3 saturated heterocycles. The number of unbranched alkanes of at least 4 members (excludes halogenated alkanes) is 4. The molecule has 3 heterocycles. The van der Waals surface area contributed by atoms with E-state index in [1.54, 1.807) is 53.4 Å². The fraction of sp³-hybridized carbons (Fsp3) is 0.623. The summed E-state index contributed by atoms with van der Waals surface area (Å²) in [5.74, 6) is -3.35. The number of cyclic esters (lactones) is 1. The molecule has 3 aliphatic heterocycles. The van der Waals surface area contributed by atoms with Crippen LogP contribution in [-0.2, 0) is 38.0 Å². The van der Waals surface area contributed by atoms with Gasteiger partial charge in [0.25, 0.3) is 0 Å². The van der Waals surface area contributed by atoms with E-state index in [2.05, 4.69) is 115 Å². The first-order valence-electron chi connectivity index (χ1n) is 32.3. The van der Waals surface area contributed by atoms with Gasteiger partial charge in [0.1, 0.15) is 53.2 Å². The van der Waals surface area contributed by atoms with Gasteiger partial charge in [-0.1, -0.05) is 119 Å². The van der Waals surface area contributed by atoms with Crippen LogP contribution in [0.15, 0.2) is 115 Å². The summed E-state index contributed by atoms with van der Waals surface area (Å²) in [6.07, 6.45) is -4.28. The Morgan fingerprint density at radius 1 is 0.728 bits per heavy atom. The van der Waals surface area contributed by atoms with E-state index in [-0.39, 0.29) is 50.3 Å². The van der Waals surface area contributed by atoms with E-state index in [0.29, 0.717) is 12.8 Å². The second-order valence-electron chi connectivity index (χ2n) is 26.8. The molecule has 518 valence electrons. The van der Waals surface area contributed by atoms with Crippen molar-refractivity contribution in [3.8, 4) is 11.1 Å². The van der Waals surface area contributed by atoms with E-state index in [1.165, 1.54) is 41.1 Å². The Bertz CT molecular complexity index is 2910. The molecule has 18 atom stereocenters. The Balaban J connectivity index is 0.00000181. The molecule has 0 radical (unpaired) electrons. The number of nitrogens with zero attached hydrogens (tertiary/aromatic N) is 2. The summed E-state index contributed by atoms with van der Waals surface area (Å²) in [7, 11) is -7.57. The zero-order chi connectivity index (χ0) is 68.4. The molecule has 5 N–H and O–H groups in total. The Labute approximate surface area is 541 Å². The first kappa shape index (κ1) is 76.8. The first-order chi connectivity index (χ1) is 42.8. The summed E-state index contributed by atoms with van der Waals surface area (Å²) in [5.41, 5.74) is -2.42. The van der Waals surface area contributed by atoms with Crippen LogP contribution in [0.5, 0.6) is 0 Å². The van der Waals surface area contributed by atoms with Crippen molar-refractivity contribution < 1.29 is 88.7 Å². The van der Waals surface area contributed by atoms with Crippen LogP contribution in [0.3, 0.4) is 0 Å². The molecule has 92 heavy (non-hydrogen) atoms. The van der Waals surface area contributed by atoms with Crippen LogP contribution in [0.2, 0.25) is 0 Å². The third-order valence-corrected chi connectivity index (χ3v) is 23.5. The topological polar surface area (TPSA) is 197 Å². The number of esters is 1. The Morgan fingerprint density at radius 3 is 1.82 bits per heavy atom. The van der Waals surface area contributed by atoms with Crippen LogP contribution in [0.4, 0.5) is 25.2 Å². The predicted molar refractivity (Wildman–Crippen MR) is 350 cm³/mol. The molecule has 15 nitrogen and oxygen atoms in total. The number of methoxy groups -OCH3 is 1. The fourth-order valence-electron chi connectivity index (χ4n) is 14.0. The normalized spacial score (nSPS) is 33.9. The van der Waals surface area contributed by atoms with Gasteiger partial charge in [-0.25, -0.2) is 0 Å². The van der Waals surface area contributed by atoms with Crippen LogP contribution in [-0.4, -0.2) is 171 Å². The van der Waals surface area contributed by atoms with Crippen molar-refractivity contribution in [1.82, 2.24) is 9.80 Å². The molecule has 0 unspecified atom stereocenters. The molecule has 1 amide bonds. The zero-order valence-corrected chi connectivity index (χ0v) is 57.5. The number of likely N-dealkylation sites (N-methyl/N-ethyl adjacent to an activating group) is 1. The summed E-state index contributed by atoms with van der Waals surface area (Å²) in [6, 6.07) is 40.2. The molecule has 0 aliphatic carbocycles. The molecule has 7 rings (SSSR count). The van der Waals surface area contributed by atoms with Crippen LogP contribution >= 0.6 is 15.1 Å². The molecule has 0 saturated carbocycles. The standard InChI is InChI=1S/C69H102N2O13P.F6P/c1-14-57-69(10,78)62(74)49(6)71(58(72)39-27-16-15-17-30-40-85(52-33-23-19-24-34-52,53-35-25-20-26-36-53)56-38-29-28-37-54(56)51-31-21-18-22-32-51)44-45(2)42-67(8,77)64(84-66-60(73)55(70(11)12)41-46(3)80-66)47(4)61(48(5)65(76)82-57)83-59-43-68(9,79-13)63(75)50(7)81-59;1-7(2,3,4,5)6/h18-26,28-29,31-38,45-50,55,57,59-64,66,73-75,77-78H,14-17,27,30,39-44H2,1-13H3;/q+1;-1/t45-,46-,47+,48-,49-,50+,55+,57-,59+,60-,61+,62-,63+,64-,66+,67-,68-,69-;/m1./s1. The Hall–Kier alpha value is -4.18. The van der Waals surface area contributed by atoms with E-state index >= 15 is 0 Å². The van der Waals surface area contributed by atoms with Crippen molar-refractivity contribution in [2.75, 3.05) is 33.9 Å². The van der Waals surface area contributed by atoms with E-state index in [0.717, 1.165) is 31.8 Å². The fourth-order valence-corrected chi connectivity index (χ4v) is 18.6. The van der Waals surface area contributed by atoms with Crippen LogP contribution in [0.1, 0.15) is 133 Å². The number of aliphatic hydroxyl groups excluding tert-OH is 3. The van der Waals surface area contributed by atoms with Gasteiger partial charge in [0, 0.05) is 44.0 Å². The van der Waals surface area contributed by atoms with Gasteiger partial charge in [-0.15, -0.1) is 0 Å². The number of halogens is 6. The summed E-state index contributed by atoms with van der Waals surface area (Å²) < 4.78 is 97.6. The molecular weight excluding hydrogens is 1240 g/mol. The third-order valence-electron chi connectivity index (χ3n) is 18.9. The second-order valence-corrected chi connectivity index (χ2v) is 32.3. The van der Waals surface area contributed by atoms with Gasteiger partial charge >= 0.3 is 39.0 Å². The number of hydrogen-bond donors (Lipinski definition) is 5. The monoisotopic (exact) mass is 1340 g/mol. The summed E-state index contributed by atoms with van der Waals surface area (Å²) in [5, 5.41) is 65.0. The number of amides is 1. The van der Waals surface area contributed by atoms with Gasteiger partial charge in [0.2, 0.25) is 5.91 Å². The minimum absolute atomic E-state index is 0.0560. The van der Waals surface area contributed by atoms with Crippen molar-refractivity contribution in [2.24, 2.45) is 17.8 Å².